The third-order valence-corrected chi connectivity index (χ3v) is 3.00. The summed E-state index contributed by atoms with van der Waals surface area (Å²) in [5, 5.41) is 1.30. The molecule has 3 heteroatoms. The van der Waals surface area contributed by atoms with Crippen molar-refractivity contribution >= 4 is 33.5 Å². The van der Waals surface area contributed by atoms with Crippen LogP contribution in [0.25, 0.3) is 10.9 Å². The van der Waals surface area contributed by atoms with Crippen molar-refractivity contribution in [2.75, 3.05) is 0 Å². The maximum Gasteiger partial charge on any atom is 0.0680 e. The van der Waals surface area contributed by atoms with Crippen LogP contribution in [0.2, 0.25) is 0 Å². The van der Waals surface area contributed by atoms with E-state index < -0.39 is 0 Å². The lowest BCUT2D eigenvalue weighted by Gasteiger charge is -2.07. The van der Waals surface area contributed by atoms with Crippen molar-refractivity contribution in [2.24, 2.45) is 0 Å². The summed E-state index contributed by atoms with van der Waals surface area (Å²) >= 11 is 2.36. The molecule has 0 atom stereocenters. The lowest BCUT2D eigenvalue weighted by Crippen LogP contribution is -1.97. The Morgan fingerprint density at radius 1 is 1.46 bits per heavy atom. The van der Waals surface area contributed by atoms with Crippen molar-refractivity contribution in [3.05, 3.63) is 28.2 Å². The number of hydrogen-bond acceptors (Lipinski definition) is 1. The van der Waals surface area contributed by atoms with E-state index in [0.717, 1.165) is 0 Å². The van der Waals surface area contributed by atoms with Gasteiger partial charge in [-0.25, -0.2) is 0 Å². The van der Waals surface area contributed by atoms with Gasteiger partial charge in [0.25, 0.3) is 0 Å². The minimum atomic E-state index is 0.496. The van der Waals surface area contributed by atoms with Crippen LogP contribution in [-0.2, 0) is 0 Å². The molecule has 2 rings (SSSR count). The van der Waals surface area contributed by atoms with Crippen LogP contribution in [-0.4, -0.2) is 9.55 Å². The van der Waals surface area contributed by atoms with E-state index in [-0.39, 0.29) is 0 Å². The molecule has 0 aromatic carbocycles. The van der Waals surface area contributed by atoms with Crippen LogP contribution in [0.15, 0.2) is 24.7 Å². The molecule has 2 heterocycles. The van der Waals surface area contributed by atoms with Crippen LogP contribution in [0.3, 0.4) is 0 Å². The highest BCUT2D eigenvalue weighted by molar-refractivity contribution is 14.1. The van der Waals surface area contributed by atoms with Gasteiger partial charge in [0.1, 0.15) is 0 Å². The van der Waals surface area contributed by atoms with Crippen LogP contribution in [0, 0.1) is 3.57 Å². The molecule has 0 saturated carbocycles. The van der Waals surface area contributed by atoms with Gasteiger partial charge in [0.2, 0.25) is 0 Å². The van der Waals surface area contributed by atoms with E-state index in [9.17, 15) is 0 Å². The molecule has 2 aromatic heterocycles. The summed E-state index contributed by atoms with van der Waals surface area (Å²) in [6, 6.07) is 2.56. The largest absolute Gasteiger partial charge is 0.343 e. The molecular weight excluding hydrogens is 275 g/mol. The molecule has 68 valence electrons. The van der Waals surface area contributed by atoms with Crippen molar-refractivity contribution < 1.29 is 0 Å². The Kier molecular flexibility index (Phi) is 2.27. The Morgan fingerprint density at radius 2 is 2.23 bits per heavy atom. The highest BCUT2D eigenvalue weighted by Gasteiger charge is 2.07. The molecule has 0 spiro atoms. The number of hydrogen-bond donors (Lipinski definition) is 0. The number of aromatic nitrogens is 2. The monoisotopic (exact) mass is 286 g/mol. The Labute approximate surface area is 91.1 Å². The summed E-state index contributed by atoms with van der Waals surface area (Å²) in [5.41, 5.74) is 1.22. The molecule has 0 unspecified atom stereocenters. The summed E-state index contributed by atoms with van der Waals surface area (Å²) in [6.45, 7) is 4.37. The molecule has 0 bridgehead atoms. The molecule has 0 aliphatic carbocycles. The number of fused-ring (bicyclic) bond motifs is 1. The Hall–Kier alpha value is -0.580. The van der Waals surface area contributed by atoms with Gasteiger partial charge in [-0.05, 0) is 42.5 Å². The van der Waals surface area contributed by atoms with Crippen molar-refractivity contribution in [3.63, 3.8) is 0 Å². The average molecular weight is 286 g/mol. The van der Waals surface area contributed by atoms with Crippen LogP contribution in [0.1, 0.15) is 19.9 Å². The zero-order valence-corrected chi connectivity index (χ0v) is 9.82. The van der Waals surface area contributed by atoms with Crippen LogP contribution < -0.4 is 0 Å². The highest BCUT2D eigenvalue weighted by Crippen LogP contribution is 2.24. The molecule has 0 amide bonds. The number of nitrogens with zero attached hydrogens (tertiary/aromatic N) is 2. The van der Waals surface area contributed by atoms with Gasteiger partial charge in [0.15, 0.2) is 0 Å². The fraction of sp³-hybridized carbons (Fsp3) is 0.300. The lowest BCUT2D eigenvalue weighted by molar-refractivity contribution is 0.621. The van der Waals surface area contributed by atoms with Gasteiger partial charge in [-0.2, -0.15) is 0 Å². The van der Waals surface area contributed by atoms with E-state index in [0.29, 0.717) is 6.04 Å². The van der Waals surface area contributed by atoms with Crippen LogP contribution >= 0.6 is 22.6 Å². The van der Waals surface area contributed by atoms with E-state index in [1.54, 1.807) is 0 Å². The number of rotatable bonds is 1. The summed E-state index contributed by atoms with van der Waals surface area (Å²) in [6.07, 6.45) is 5.95. The fourth-order valence-electron chi connectivity index (χ4n) is 1.48. The van der Waals surface area contributed by atoms with Gasteiger partial charge >= 0.3 is 0 Å². The molecule has 0 aliphatic rings. The lowest BCUT2D eigenvalue weighted by atomic mass is 10.3. The first-order valence-electron chi connectivity index (χ1n) is 4.30. The van der Waals surface area contributed by atoms with Gasteiger partial charge in [0.05, 0.1) is 11.7 Å². The van der Waals surface area contributed by atoms with Gasteiger partial charge in [-0.3, -0.25) is 4.98 Å². The Bertz CT molecular complexity index is 431. The van der Waals surface area contributed by atoms with E-state index in [2.05, 4.69) is 58.3 Å². The molecule has 0 radical (unpaired) electrons. The van der Waals surface area contributed by atoms with E-state index in [4.69, 9.17) is 0 Å². The zero-order chi connectivity index (χ0) is 9.42. The molecular formula is C10H11IN2. The quantitative estimate of drug-likeness (QED) is 0.736. The van der Waals surface area contributed by atoms with Crippen molar-refractivity contribution in [1.82, 2.24) is 9.55 Å². The predicted octanol–water partition coefficient (Wildman–Crippen LogP) is 3.22. The molecule has 0 aliphatic heterocycles. The zero-order valence-electron chi connectivity index (χ0n) is 7.66. The predicted molar refractivity (Wildman–Crippen MR) is 62.8 cm³/mol. The van der Waals surface area contributed by atoms with Gasteiger partial charge < -0.3 is 4.57 Å². The van der Waals surface area contributed by atoms with Crippen molar-refractivity contribution in [1.29, 1.82) is 0 Å². The van der Waals surface area contributed by atoms with Crippen molar-refractivity contribution in [3.8, 4) is 0 Å². The second-order valence-electron chi connectivity index (χ2n) is 3.37. The first-order valence-corrected chi connectivity index (χ1v) is 5.38. The number of halogens is 1. The Balaban J connectivity index is 2.78. The minimum Gasteiger partial charge on any atom is -0.343 e. The SMILES string of the molecule is CC(C)n1cc(I)c2ccncc21. The standard InChI is InChI=1S/C10H11IN2/c1-7(2)13-6-9(11)8-3-4-12-5-10(8)13/h3-7H,1-2H3. The first-order chi connectivity index (χ1) is 6.20. The molecule has 2 aromatic rings. The maximum absolute atomic E-state index is 4.15. The van der Waals surface area contributed by atoms with Crippen molar-refractivity contribution in [2.45, 2.75) is 19.9 Å². The summed E-state index contributed by atoms with van der Waals surface area (Å²) in [7, 11) is 0. The average Bonchev–Trinajstić information content (AvgIpc) is 2.45. The van der Waals surface area contributed by atoms with E-state index >= 15 is 0 Å². The minimum absolute atomic E-state index is 0.496. The van der Waals surface area contributed by atoms with Gasteiger partial charge in [-0.15, -0.1) is 0 Å². The topological polar surface area (TPSA) is 17.8 Å². The van der Waals surface area contributed by atoms with E-state index in [1.165, 1.54) is 14.5 Å². The summed E-state index contributed by atoms with van der Waals surface area (Å²) < 4.78 is 3.55. The Morgan fingerprint density at radius 3 is 2.92 bits per heavy atom. The maximum atomic E-state index is 4.15. The van der Waals surface area contributed by atoms with Gasteiger partial charge in [-0.1, -0.05) is 0 Å². The molecule has 0 N–H and O–H groups in total. The summed E-state index contributed by atoms with van der Waals surface area (Å²) in [5.74, 6) is 0. The fourth-order valence-corrected chi connectivity index (χ4v) is 2.24. The van der Waals surface area contributed by atoms with Gasteiger partial charge in [0, 0.05) is 27.4 Å². The van der Waals surface area contributed by atoms with Crippen LogP contribution in [0.4, 0.5) is 0 Å². The molecule has 0 fully saturated rings. The first kappa shape index (κ1) is 8.99. The number of pyridine rings is 1. The highest BCUT2D eigenvalue weighted by atomic mass is 127. The third kappa shape index (κ3) is 1.45. The molecule has 0 saturated heterocycles. The van der Waals surface area contributed by atoms with E-state index in [1.807, 2.05) is 12.4 Å². The normalized spacial score (nSPS) is 11.4. The smallest absolute Gasteiger partial charge is 0.0680 e. The molecule has 13 heavy (non-hydrogen) atoms. The second kappa shape index (κ2) is 3.29. The molecule has 2 nitrogen and oxygen atoms in total. The summed E-state index contributed by atoms with van der Waals surface area (Å²) in [4.78, 5) is 4.15. The van der Waals surface area contributed by atoms with Crippen LogP contribution in [0.5, 0.6) is 0 Å². The third-order valence-electron chi connectivity index (χ3n) is 2.14. The second-order valence-corrected chi connectivity index (χ2v) is 4.53.